The summed E-state index contributed by atoms with van der Waals surface area (Å²) in [6.45, 7) is 2.90. The van der Waals surface area contributed by atoms with E-state index in [0.29, 0.717) is 0 Å². The molecule has 0 saturated carbocycles. The van der Waals surface area contributed by atoms with Crippen LogP contribution in [0.2, 0.25) is 0 Å². The van der Waals surface area contributed by atoms with Crippen molar-refractivity contribution in [2.45, 2.75) is 19.5 Å². The molecular weight excluding hydrogens is 262 g/mol. The van der Waals surface area contributed by atoms with Gasteiger partial charge < -0.3 is 14.5 Å². The fourth-order valence-corrected chi connectivity index (χ4v) is 2.34. The molecule has 0 unspecified atom stereocenters. The minimum atomic E-state index is 0.265. The van der Waals surface area contributed by atoms with Crippen LogP contribution >= 0.6 is 0 Å². The first kappa shape index (κ1) is 13.6. The minimum Gasteiger partial charge on any atom is -0.497 e. The van der Waals surface area contributed by atoms with Crippen LogP contribution in [0.25, 0.3) is 5.65 Å². The Balaban J connectivity index is 1.65. The van der Waals surface area contributed by atoms with Gasteiger partial charge in [0.25, 0.3) is 0 Å². The van der Waals surface area contributed by atoms with E-state index in [-0.39, 0.29) is 6.04 Å². The molecule has 0 amide bonds. The number of fused-ring (bicyclic) bond motifs is 1. The molecule has 3 aromatic rings. The molecule has 0 saturated heterocycles. The van der Waals surface area contributed by atoms with Crippen LogP contribution in [-0.4, -0.2) is 16.5 Å². The highest BCUT2D eigenvalue weighted by Crippen LogP contribution is 2.17. The van der Waals surface area contributed by atoms with Crippen molar-refractivity contribution in [2.24, 2.45) is 0 Å². The molecule has 21 heavy (non-hydrogen) atoms. The predicted octanol–water partition coefficient (Wildman–Crippen LogP) is 3.19. The summed E-state index contributed by atoms with van der Waals surface area (Å²) in [6.07, 6.45) is 4.07. The fraction of sp³-hybridized carbons (Fsp3) is 0.235. The molecule has 4 heteroatoms. The van der Waals surface area contributed by atoms with Crippen molar-refractivity contribution in [1.82, 2.24) is 14.7 Å². The molecule has 0 aliphatic heterocycles. The van der Waals surface area contributed by atoms with E-state index in [2.05, 4.69) is 35.6 Å². The number of nitrogens with zero attached hydrogens (tertiary/aromatic N) is 2. The third kappa shape index (κ3) is 3.06. The number of hydrogen-bond donors (Lipinski definition) is 1. The van der Waals surface area contributed by atoms with Crippen LogP contribution in [0.3, 0.4) is 0 Å². The molecule has 1 N–H and O–H groups in total. The van der Waals surface area contributed by atoms with E-state index in [1.165, 1.54) is 5.56 Å². The Morgan fingerprint density at radius 3 is 2.71 bits per heavy atom. The molecule has 1 atom stereocenters. The van der Waals surface area contributed by atoms with E-state index < -0.39 is 0 Å². The van der Waals surface area contributed by atoms with E-state index >= 15 is 0 Å². The van der Waals surface area contributed by atoms with Gasteiger partial charge in [0.05, 0.1) is 12.8 Å². The normalized spacial score (nSPS) is 12.5. The lowest BCUT2D eigenvalue weighted by Crippen LogP contribution is -2.18. The molecule has 1 aromatic carbocycles. The molecule has 0 fully saturated rings. The zero-order valence-electron chi connectivity index (χ0n) is 12.3. The number of aromatic nitrogens is 2. The number of rotatable bonds is 5. The third-order valence-corrected chi connectivity index (χ3v) is 3.62. The summed E-state index contributed by atoms with van der Waals surface area (Å²) in [5.74, 6) is 0.881. The van der Waals surface area contributed by atoms with Crippen molar-refractivity contribution >= 4 is 5.65 Å². The Labute approximate surface area is 124 Å². The molecule has 4 nitrogen and oxygen atoms in total. The lowest BCUT2D eigenvalue weighted by molar-refractivity contribution is 0.414. The standard InChI is InChI=1S/C17H19N3O/c1-13(14-6-8-16(21-2)9-7-14)18-11-15-12-20-10-4-3-5-17(20)19-15/h3-10,12-13,18H,11H2,1-2H3/t13-/m0/s1. The highest BCUT2D eigenvalue weighted by molar-refractivity contribution is 5.39. The molecule has 0 radical (unpaired) electrons. The van der Waals surface area contributed by atoms with Gasteiger partial charge >= 0.3 is 0 Å². The van der Waals surface area contributed by atoms with Gasteiger partial charge in [0.2, 0.25) is 0 Å². The first-order chi connectivity index (χ1) is 10.3. The summed E-state index contributed by atoms with van der Waals surface area (Å²) in [7, 11) is 1.68. The summed E-state index contributed by atoms with van der Waals surface area (Å²) in [5.41, 5.74) is 3.26. The van der Waals surface area contributed by atoms with Gasteiger partial charge in [0, 0.05) is 25.0 Å². The van der Waals surface area contributed by atoms with E-state index in [1.54, 1.807) is 7.11 Å². The number of methoxy groups -OCH3 is 1. The lowest BCUT2D eigenvalue weighted by atomic mass is 10.1. The number of ether oxygens (including phenoxy) is 1. The summed E-state index contributed by atoms with van der Waals surface area (Å²) in [6, 6.07) is 14.4. The van der Waals surface area contributed by atoms with Gasteiger partial charge in [0.1, 0.15) is 11.4 Å². The molecular formula is C17H19N3O. The summed E-state index contributed by atoms with van der Waals surface area (Å²) >= 11 is 0. The third-order valence-electron chi connectivity index (χ3n) is 3.62. The van der Waals surface area contributed by atoms with Gasteiger partial charge in [-0.1, -0.05) is 18.2 Å². The highest BCUT2D eigenvalue weighted by atomic mass is 16.5. The Kier molecular flexibility index (Phi) is 3.88. The molecule has 2 heterocycles. The second-order valence-electron chi connectivity index (χ2n) is 5.07. The molecule has 2 aromatic heterocycles. The molecule has 0 aliphatic carbocycles. The Bertz CT molecular complexity index is 685. The predicted molar refractivity (Wildman–Crippen MR) is 83.4 cm³/mol. The summed E-state index contributed by atoms with van der Waals surface area (Å²) in [4.78, 5) is 4.59. The van der Waals surface area contributed by atoms with Gasteiger partial charge in [-0.25, -0.2) is 4.98 Å². The average molecular weight is 281 g/mol. The SMILES string of the molecule is COc1ccc([C@H](C)NCc2cn3ccccc3n2)cc1. The van der Waals surface area contributed by atoms with Crippen molar-refractivity contribution in [3.05, 3.63) is 66.1 Å². The monoisotopic (exact) mass is 281 g/mol. The summed E-state index contributed by atoms with van der Waals surface area (Å²) in [5, 5.41) is 3.50. The highest BCUT2D eigenvalue weighted by Gasteiger charge is 2.07. The van der Waals surface area contributed by atoms with Gasteiger partial charge in [-0.2, -0.15) is 0 Å². The number of nitrogens with one attached hydrogen (secondary N) is 1. The molecule has 0 bridgehead atoms. The van der Waals surface area contributed by atoms with E-state index in [0.717, 1.165) is 23.6 Å². The number of benzene rings is 1. The zero-order chi connectivity index (χ0) is 14.7. The van der Waals surface area contributed by atoms with Gasteiger partial charge in [-0.15, -0.1) is 0 Å². The maximum absolute atomic E-state index is 5.18. The van der Waals surface area contributed by atoms with Crippen LogP contribution in [-0.2, 0) is 6.54 Å². The molecule has 0 spiro atoms. The fourth-order valence-electron chi connectivity index (χ4n) is 2.34. The second-order valence-corrected chi connectivity index (χ2v) is 5.07. The van der Waals surface area contributed by atoms with Gasteiger partial charge in [-0.3, -0.25) is 0 Å². The minimum absolute atomic E-state index is 0.265. The van der Waals surface area contributed by atoms with Crippen LogP contribution in [0.4, 0.5) is 0 Å². The van der Waals surface area contributed by atoms with Crippen LogP contribution in [0.15, 0.2) is 54.9 Å². The second kappa shape index (κ2) is 5.97. The van der Waals surface area contributed by atoms with E-state index in [9.17, 15) is 0 Å². The van der Waals surface area contributed by atoms with E-state index in [1.807, 2.05) is 40.9 Å². The van der Waals surface area contributed by atoms with Gasteiger partial charge in [-0.05, 0) is 36.8 Å². The van der Waals surface area contributed by atoms with E-state index in [4.69, 9.17) is 4.74 Å². The average Bonchev–Trinajstić information content (AvgIpc) is 2.95. The smallest absolute Gasteiger partial charge is 0.137 e. The Morgan fingerprint density at radius 1 is 1.19 bits per heavy atom. The summed E-state index contributed by atoms with van der Waals surface area (Å²) < 4.78 is 7.22. The first-order valence-electron chi connectivity index (χ1n) is 7.06. The number of pyridine rings is 1. The van der Waals surface area contributed by atoms with Crippen LogP contribution in [0.5, 0.6) is 5.75 Å². The Morgan fingerprint density at radius 2 is 2.00 bits per heavy atom. The van der Waals surface area contributed by atoms with Crippen molar-refractivity contribution in [3.8, 4) is 5.75 Å². The molecule has 3 rings (SSSR count). The molecule has 108 valence electrons. The van der Waals surface area contributed by atoms with Gasteiger partial charge in [0.15, 0.2) is 0 Å². The van der Waals surface area contributed by atoms with Crippen molar-refractivity contribution in [1.29, 1.82) is 0 Å². The first-order valence-corrected chi connectivity index (χ1v) is 7.06. The largest absolute Gasteiger partial charge is 0.497 e. The molecule has 0 aliphatic rings. The van der Waals surface area contributed by atoms with Crippen molar-refractivity contribution < 1.29 is 4.74 Å². The van der Waals surface area contributed by atoms with Crippen LogP contribution in [0.1, 0.15) is 24.2 Å². The van der Waals surface area contributed by atoms with Crippen molar-refractivity contribution in [3.63, 3.8) is 0 Å². The number of hydrogen-bond acceptors (Lipinski definition) is 3. The van der Waals surface area contributed by atoms with Crippen LogP contribution < -0.4 is 10.1 Å². The Hall–Kier alpha value is -2.33. The zero-order valence-corrected chi connectivity index (χ0v) is 12.3. The number of imidazole rings is 1. The topological polar surface area (TPSA) is 38.6 Å². The maximum atomic E-state index is 5.18. The lowest BCUT2D eigenvalue weighted by Gasteiger charge is -2.13. The van der Waals surface area contributed by atoms with Crippen molar-refractivity contribution in [2.75, 3.05) is 7.11 Å². The quantitative estimate of drug-likeness (QED) is 0.780. The maximum Gasteiger partial charge on any atom is 0.137 e. The van der Waals surface area contributed by atoms with Crippen LogP contribution in [0, 0.1) is 0 Å².